The number of Topliss-reactive ketones (excluding diaryl/α,β-unsaturated/α-hetero) is 2. The lowest BCUT2D eigenvalue weighted by Gasteiger charge is -2.36. The Labute approximate surface area is 119 Å². The van der Waals surface area contributed by atoms with Crippen LogP contribution in [0.3, 0.4) is 0 Å². The Hall–Kier alpha value is -0.780. The number of carbonyl (C=O) groups excluding carboxylic acids is 2. The average Bonchev–Trinajstić information content (AvgIpc) is 2.40. The maximum absolute atomic E-state index is 12.6. The van der Waals surface area contributed by atoms with Crippen molar-refractivity contribution in [3.8, 4) is 0 Å². The first-order valence-electron chi connectivity index (χ1n) is 6.65. The van der Waals surface area contributed by atoms with Gasteiger partial charge in [-0.2, -0.15) is 0 Å². The highest BCUT2D eigenvalue weighted by Gasteiger charge is 2.44. The zero-order valence-electron chi connectivity index (χ0n) is 10.5. The SMILES string of the molecule is NC1C2=C(C(=O)C3=C(CCCC3)C2=O)C(O)CC1Br. The Bertz CT molecular complexity index is 535. The van der Waals surface area contributed by atoms with Gasteiger partial charge < -0.3 is 10.8 Å². The van der Waals surface area contributed by atoms with Crippen molar-refractivity contribution in [1.82, 2.24) is 0 Å². The van der Waals surface area contributed by atoms with Gasteiger partial charge >= 0.3 is 0 Å². The summed E-state index contributed by atoms with van der Waals surface area (Å²) in [6.07, 6.45) is 2.68. The highest BCUT2D eigenvalue weighted by Crippen LogP contribution is 2.40. The van der Waals surface area contributed by atoms with E-state index >= 15 is 0 Å². The molecule has 0 fully saturated rings. The fourth-order valence-corrected chi connectivity index (χ4v) is 3.91. The number of ketones is 2. The van der Waals surface area contributed by atoms with E-state index < -0.39 is 12.1 Å². The molecule has 3 aliphatic carbocycles. The normalized spacial score (nSPS) is 35.4. The van der Waals surface area contributed by atoms with Crippen molar-refractivity contribution in [3.63, 3.8) is 0 Å². The van der Waals surface area contributed by atoms with Gasteiger partial charge in [0.25, 0.3) is 0 Å². The lowest BCUT2D eigenvalue weighted by atomic mass is 9.71. The molecular weight excluding hydrogens is 310 g/mol. The highest BCUT2D eigenvalue weighted by atomic mass is 79.9. The van der Waals surface area contributed by atoms with E-state index in [1.54, 1.807) is 0 Å². The standard InChI is InChI=1S/C14H16BrNO3/c15-8-5-9(17)10-11(12(8)16)14(19)7-4-2-1-3-6(7)13(10)18/h8-9,12,17H,1-5,16H2. The first kappa shape index (κ1) is 13.2. The third-order valence-corrected chi connectivity index (χ3v) is 5.24. The zero-order chi connectivity index (χ0) is 13.7. The van der Waals surface area contributed by atoms with Crippen LogP contribution in [0.1, 0.15) is 32.1 Å². The van der Waals surface area contributed by atoms with Gasteiger partial charge in [0.15, 0.2) is 11.6 Å². The fourth-order valence-electron chi connectivity index (χ4n) is 3.30. The molecule has 19 heavy (non-hydrogen) atoms. The number of aliphatic hydroxyl groups is 1. The Morgan fingerprint density at radius 1 is 1.05 bits per heavy atom. The Balaban J connectivity index is 2.13. The quantitative estimate of drug-likeness (QED) is 0.517. The van der Waals surface area contributed by atoms with E-state index in [1.807, 2.05) is 0 Å². The molecule has 0 radical (unpaired) electrons. The number of rotatable bonds is 0. The molecule has 3 rings (SSSR count). The maximum atomic E-state index is 12.6. The third-order valence-electron chi connectivity index (χ3n) is 4.30. The largest absolute Gasteiger partial charge is 0.388 e. The fraction of sp³-hybridized carbons (Fsp3) is 0.571. The predicted octanol–water partition coefficient (Wildman–Crippen LogP) is 1.16. The second-order valence-corrected chi connectivity index (χ2v) is 6.62. The molecule has 3 unspecified atom stereocenters. The molecule has 102 valence electrons. The number of hydrogen-bond acceptors (Lipinski definition) is 4. The molecule has 5 heteroatoms. The summed E-state index contributed by atoms with van der Waals surface area (Å²) >= 11 is 3.39. The summed E-state index contributed by atoms with van der Waals surface area (Å²) in [5, 5.41) is 10.1. The molecule has 0 bridgehead atoms. The van der Waals surface area contributed by atoms with Crippen molar-refractivity contribution in [3.05, 3.63) is 22.3 Å². The molecule has 0 heterocycles. The van der Waals surface area contributed by atoms with E-state index in [4.69, 9.17) is 5.73 Å². The van der Waals surface area contributed by atoms with Gasteiger partial charge in [0.05, 0.1) is 6.10 Å². The van der Waals surface area contributed by atoms with E-state index in [1.165, 1.54) is 0 Å². The summed E-state index contributed by atoms with van der Waals surface area (Å²) in [4.78, 5) is 24.9. The van der Waals surface area contributed by atoms with E-state index in [0.29, 0.717) is 36.0 Å². The van der Waals surface area contributed by atoms with E-state index in [9.17, 15) is 14.7 Å². The summed E-state index contributed by atoms with van der Waals surface area (Å²) in [5.41, 5.74) is 7.91. The van der Waals surface area contributed by atoms with Gasteiger partial charge in [0, 0.05) is 33.2 Å². The number of hydrogen-bond donors (Lipinski definition) is 2. The van der Waals surface area contributed by atoms with Crippen LogP contribution in [0.5, 0.6) is 0 Å². The zero-order valence-corrected chi connectivity index (χ0v) is 12.1. The number of alkyl halides is 1. The van der Waals surface area contributed by atoms with E-state index in [0.717, 1.165) is 12.8 Å². The van der Waals surface area contributed by atoms with Crippen LogP contribution in [0.4, 0.5) is 0 Å². The van der Waals surface area contributed by atoms with Crippen LogP contribution >= 0.6 is 15.9 Å². The maximum Gasteiger partial charge on any atom is 0.188 e. The van der Waals surface area contributed by atoms with Crippen LogP contribution in [0.2, 0.25) is 0 Å². The van der Waals surface area contributed by atoms with Gasteiger partial charge in [-0.05, 0) is 32.1 Å². The summed E-state index contributed by atoms with van der Waals surface area (Å²) in [6, 6.07) is -0.508. The van der Waals surface area contributed by atoms with Crippen molar-refractivity contribution in [2.45, 2.75) is 49.1 Å². The van der Waals surface area contributed by atoms with Gasteiger partial charge in [0.1, 0.15) is 0 Å². The number of halogens is 1. The van der Waals surface area contributed by atoms with Crippen LogP contribution in [0.15, 0.2) is 22.3 Å². The molecule has 0 aromatic heterocycles. The number of carbonyl (C=O) groups is 2. The second kappa shape index (κ2) is 4.65. The van der Waals surface area contributed by atoms with Crippen LogP contribution < -0.4 is 5.73 Å². The van der Waals surface area contributed by atoms with Crippen molar-refractivity contribution < 1.29 is 14.7 Å². The molecule has 0 spiro atoms. The van der Waals surface area contributed by atoms with Gasteiger partial charge in [-0.1, -0.05) is 15.9 Å². The van der Waals surface area contributed by atoms with Crippen LogP contribution in [0, 0.1) is 0 Å². The monoisotopic (exact) mass is 325 g/mol. The lowest BCUT2D eigenvalue weighted by Crippen LogP contribution is -2.48. The molecule has 0 aliphatic heterocycles. The summed E-state index contributed by atoms with van der Waals surface area (Å²) in [6.45, 7) is 0. The topological polar surface area (TPSA) is 80.4 Å². The Morgan fingerprint density at radius 3 is 2.16 bits per heavy atom. The second-order valence-electron chi connectivity index (χ2n) is 5.44. The molecule has 4 nitrogen and oxygen atoms in total. The first-order chi connectivity index (χ1) is 9.02. The Morgan fingerprint density at radius 2 is 1.58 bits per heavy atom. The highest BCUT2D eigenvalue weighted by molar-refractivity contribution is 9.09. The number of aliphatic hydroxyl groups excluding tert-OH is 1. The van der Waals surface area contributed by atoms with Gasteiger partial charge in [-0.15, -0.1) is 0 Å². The summed E-state index contributed by atoms with van der Waals surface area (Å²) in [5.74, 6) is -0.258. The van der Waals surface area contributed by atoms with Gasteiger partial charge in [0.2, 0.25) is 0 Å². The molecule has 0 aromatic carbocycles. The number of nitrogens with two attached hydrogens (primary N) is 1. The van der Waals surface area contributed by atoms with Crippen LogP contribution in [-0.4, -0.2) is 33.6 Å². The average molecular weight is 326 g/mol. The molecule has 0 saturated heterocycles. The molecule has 3 N–H and O–H groups in total. The van der Waals surface area contributed by atoms with Crippen molar-refractivity contribution >= 4 is 27.5 Å². The third kappa shape index (κ3) is 1.87. The lowest BCUT2D eigenvalue weighted by molar-refractivity contribution is -0.118. The smallest absolute Gasteiger partial charge is 0.188 e. The van der Waals surface area contributed by atoms with E-state index in [-0.39, 0.29) is 22.0 Å². The molecule has 0 saturated carbocycles. The molecular formula is C14H16BrNO3. The molecule has 0 aromatic rings. The minimum atomic E-state index is -0.883. The van der Waals surface area contributed by atoms with Crippen LogP contribution in [0.25, 0.3) is 0 Å². The summed E-state index contributed by atoms with van der Waals surface area (Å²) < 4.78 is 0. The predicted molar refractivity (Wildman–Crippen MR) is 73.8 cm³/mol. The van der Waals surface area contributed by atoms with Gasteiger partial charge in [-0.25, -0.2) is 0 Å². The van der Waals surface area contributed by atoms with Crippen LogP contribution in [-0.2, 0) is 9.59 Å². The Kier molecular flexibility index (Phi) is 3.23. The minimum Gasteiger partial charge on any atom is -0.388 e. The van der Waals surface area contributed by atoms with Gasteiger partial charge in [-0.3, -0.25) is 9.59 Å². The molecule has 0 amide bonds. The van der Waals surface area contributed by atoms with Crippen molar-refractivity contribution in [2.75, 3.05) is 0 Å². The van der Waals surface area contributed by atoms with Crippen molar-refractivity contribution in [2.24, 2.45) is 5.73 Å². The van der Waals surface area contributed by atoms with Crippen molar-refractivity contribution in [1.29, 1.82) is 0 Å². The first-order valence-corrected chi connectivity index (χ1v) is 7.57. The molecule has 3 atom stereocenters. The minimum absolute atomic E-state index is 0.111. The van der Waals surface area contributed by atoms with E-state index in [2.05, 4.69) is 15.9 Å². The molecule has 3 aliphatic rings. The summed E-state index contributed by atoms with van der Waals surface area (Å²) in [7, 11) is 0. The number of allylic oxidation sites excluding steroid dienone is 2.